The van der Waals surface area contributed by atoms with Gasteiger partial charge < -0.3 is 0 Å². The lowest BCUT2D eigenvalue weighted by molar-refractivity contribution is 0.100. The zero-order chi connectivity index (χ0) is 9.68. The van der Waals surface area contributed by atoms with E-state index in [1.54, 1.807) is 12.1 Å². The third kappa shape index (κ3) is 2.49. The molecule has 2 nitrogen and oxygen atoms in total. The predicted octanol–water partition coefficient (Wildman–Crippen LogP) is 2.65. The molecule has 0 N–H and O–H groups in total. The Hall–Kier alpha value is -0.960. The lowest BCUT2D eigenvalue weighted by Crippen LogP contribution is -1.95. The molecule has 0 unspecified atom stereocenters. The van der Waals surface area contributed by atoms with Gasteiger partial charge in [-0.05, 0) is 30.6 Å². The van der Waals surface area contributed by atoms with Crippen LogP contribution in [-0.4, -0.2) is 17.3 Å². The van der Waals surface area contributed by atoms with Crippen LogP contribution in [0.5, 0.6) is 0 Å². The second-order valence-corrected chi connectivity index (χ2v) is 3.24. The lowest BCUT2D eigenvalue weighted by atomic mass is 10.2. The molecule has 0 aromatic heterocycles. The maximum absolute atomic E-state index is 11.3. The number of rotatable bonds is 2. The van der Waals surface area contributed by atoms with E-state index >= 15 is 0 Å². The maximum atomic E-state index is 11.3. The first-order valence-corrected chi connectivity index (χ1v) is 5.18. The van der Waals surface area contributed by atoms with Crippen LogP contribution in [0.3, 0.4) is 0 Å². The van der Waals surface area contributed by atoms with Gasteiger partial charge in [0.1, 0.15) is 0 Å². The Kier molecular flexibility index (Phi) is 3.83. The minimum Gasteiger partial charge on any atom is -0.266 e. The van der Waals surface area contributed by atoms with Crippen molar-refractivity contribution in [2.75, 3.05) is 6.26 Å². The zero-order valence-electron chi connectivity index (χ0n) is 6.98. The Balaban J connectivity index is 3.12. The number of amides is 1. The first-order valence-electron chi connectivity index (χ1n) is 3.55. The fraction of sp³-hybridized carbons (Fsp3) is 0.111. The Labute approximate surface area is 86.1 Å². The summed E-state index contributed by atoms with van der Waals surface area (Å²) in [5.74, 6) is -0.333. The number of nitrogens with zero attached hydrogens (tertiary/aromatic N) is 1. The van der Waals surface area contributed by atoms with Crippen LogP contribution in [0.25, 0.3) is 0 Å². The Morgan fingerprint density at radius 1 is 1.54 bits per heavy atom. The van der Waals surface area contributed by atoms with Crippen LogP contribution in [0.4, 0.5) is 0 Å². The Morgan fingerprint density at radius 2 is 2.23 bits per heavy atom. The number of benzene rings is 1. The summed E-state index contributed by atoms with van der Waals surface area (Å²) in [7, 11) is 0. The second kappa shape index (κ2) is 4.92. The fourth-order valence-electron chi connectivity index (χ4n) is 0.923. The molecule has 66 valence electrons. The molecule has 0 aliphatic carbocycles. The summed E-state index contributed by atoms with van der Waals surface area (Å²) < 4.78 is 0. The monoisotopic (exact) mass is 209 g/mol. The van der Waals surface area contributed by atoms with Gasteiger partial charge in [0, 0.05) is 4.90 Å². The molecule has 0 heterocycles. The van der Waals surface area contributed by atoms with Gasteiger partial charge in [0.15, 0.2) is 0 Å². The average Bonchev–Trinajstić information content (AvgIpc) is 2.18. The van der Waals surface area contributed by atoms with E-state index in [2.05, 4.69) is 22.4 Å². The summed E-state index contributed by atoms with van der Waals surface area (Å²) in [6.07, 6.45) is 1.91. The highest BCUT2D eigenvalue weighted by atomic mass is 32.2. The highest BCUT2D eigenvalue weighted by molar-refractivity contribution is 7.98. The lowest BCUT2D eigenvalue weighted by Gasteiger charge is -2.00. The predicted molar refractivity (Wildman–Crippen MR) is 57.6 cm³/mol. The molecular weight excluding hydrogens is 202 g/mol. The molecule has 0 radical (unpaired) electrons. The van der Waals surface area contributed by atoms with Crippen molar-refractivity contribution in [1.82, 2.24) is 0 Å². The number of hydrogen-bond donors (Lipinski definition) is 0. The summed E-state index contributed by atoms with van der Waals surface area (Å²) in [6, 6.07) is 7.27. The summed E-state index contributed by atoms with van der Waals surface area (Å²) in [4.78, 5) is 15.6. The van der Waals surface area contributed by atoms with E-state index in [0.29, 0.717) is 5.56 Å². The van der Waals surface area contributed by atoms with Gasteiger partial charge in [-0.1, -0.05) is 12.1 Å². The molecule has 0 saturated heterocycles. The van der Waals surface area contributed by atoms with E-state index in [4.69, 9.17) is 0 Å². The number of thiocarbonyl (C=S) groups is 1. The van der Waals surface area contributed by atoms with Crippen molar-refractivity contribution in [3.05, 3.63) is 29.8 Å². The first-order chi connectivity index (χ1) is 6.29. The minimum absolute atomic E-state index is 0.333. The molecule has 0 aliphatic heterocycles. The van der Waals surface area contributed by atoms with Crippen molar-refractivity contribution >= 4 is 35.0 Å². The molecule has 4 heteroatoms. The van der Waals surface area contributed by atoms with Gasteiger partial charge in [-0.15, -0.1) is 11.8 Å². The van der Waals surface area contributed by atoms with Crippen LogP contribution in [-0.2, 0) is 0 Å². The molecule has 1 aromatic rings. The van der Waals surface area contributed by atoms with E-state index in [9.17, 15) is 4.79 Å². The molecule has 0 bridgehead atoms. The fourth-order valence-corrected chi connectivity index (χ4v) is 1.60. The van der Waals surface area contributed by atoms with Crippen LogP contribution in [0, 0.1) is 0 Å². The summed E-state index contributed by atoms with van der Waals surface area (Å²) >= 11 is 5.87. The van der Waals surface area contributed by atoms with Crippen molar-refractivity contribution in [3.63, 3.8) is 0 Å². The van der Waals surface area contributed by atoms with E-state index in [1.807, 2.05) is 18.4 Å². The molecule has 1 aromatic carbocycles. The maximum Gasteiger partial charge on any atom is 0.286 e. The van der Waals surface area contributed by atoms with E-state index in [1.165, 1.54) is 11.8 Å². The molecule has 13 heavy (non-hydrogen) atoms. The summed E-state index contributed by atoms with van der Waals surface area (Å²) in [5, 5.41) is 2.07. The third-order valence-electron chi connectivity index (χ3n) is 1.48. The van der Waals surface area contributed by atoms with Gasteiger partial charge in [-0.25, -0.2) is 0 Å². The van der Waals surface area contributed by atoms with E-state index in [-0.39, 0.29) is 5.91 Å². The number of hydrogen-bond acceptors (Lipinski definition) is 3. The minimum atomic E-state index is -0.333. The quantitative estimate of drug-likeness (QED) is 0.426. The Bertz CT molecular complexity index is 370. The van der Waals surface area contributed by atoms with Crippen molar-refractivity contribution in [2.45, 2.75) is 4.90 Å². The van der Waals surface area contributed by atoms with Crippen LogP contribution in [0.1, 0.15) is 10.4 Å². The van der Waals surface area contributed by atoms with Gasteiger partial charge in [0.2, 0.25) is 0 Å². The van der Waals surface area contributed by atoms with E-state index in [0.717, 1.165) is 4.90 Å². The van der Waals surface area contributed by atoms with Gasteiger partial charge >= 0.3 is 0 Å². The number of thioether (sulfide) groups is 1. The molecule has 1 amide bonds. The van der Waals surface area contributed by atoms with E-state index < -0.39 is 0 Å². The largest absolute Gasteiger partial charge is 0.286 e. The van der Waals surface area contributed by atoms with Crippen LogP contribution in [0.15, 0.2) is 34.2 Å². The normalized spacial score (nSPS) is 9.00. The van der Waals surface area contributed by atoms with Crippen molar-refractivity contribution < 1.29 is 4.79 Å². The molecule has 0 aliphatic rings. The van der Waals surface area contributed by atoms with Gasteiger partial charge in [0.25, 0.3) is 5.91 Å². The first kappa shape index (κ1) is 10.1. The van der Waals surface area contributed by atoms with Crippen molar-refractivity contribution in [1.29, 1.82) is 0 Å². The Morgan fingerprint density at radius 3 is 2.85 bits per heavy atom. The number of isothiocyanates is 1. The number of carbonyl (C=O) groups is 1. The highest BCUT2D eigenvalue weighted by Crippen LogP contribution is 2.20. The molecule has 1 rings (SSSR count). The standard InChI is InChI=1S/C9H7NOS2/c1-13-8-5-3-2-4-7(8)9(11)10-6-12/h2-5H,1H3. The molecule has 0 atom stereocenters. The number of aliphatic imine (C=N–C) groups is 1. The second-order valence-electron chi connectivity index (χ2n) is 2.21. The van der Waals surface area contributed by atoms with Crippen molar-refractivity contribution in [3.8, 4) is 0 Å². The molecule has 0 fully saturated rings. The van der Waals surface area contributed by atoms with Gasteiger partial charge in [0.05, 0.1) is 10.7 Å². The van der Waals surface area contributed by atoms with Crippen LogP contribution >= 0.6 is 24.0 Å². The summed E-state index contributed by atoms with van der Waals surface area (Å²) in [6.45, 7) is 0. The van der Waals surface area contributed by atoms with Crippen LogP contribution in [0.2, 0.25) is 0 Å². The summed E-state index contributed by atoms with van der Waals surface area (Å²) in [5.41, 5.74) is 0.576. The third-order valence-corrected chi connectivity index (χ3v) is 2.37. The molecule has 0 saturated carbocycles. The smallest absolute Gasteiger partial charge is 0.266 e. The molecular formula is C9H7NOS2. The SMILES string of the molecule is CSc1ccccc1C(=O)N=C=S. The van der Waals surface area contributed by atoms with Gasteiger partial charge in [-0.3, -0.25) is 4.79 Å². The topological polar surface area (TPSA) is 29.4 Å². The molecule has 0 spiro atoms. The van der Waals surface area contributed by atoms with Gasteiger partial charge in [-0.2, -0.15) is 4.99 Å². The highest BCUT2D eigenvalue weighted by Gasteiger charge is 2.07. The average molecular weight is 209 g/mol. The van der Waals surface area contributed by atoms with Crippen molar-refractivity contribution in [2.24, 2.45) is 4.99 Å². The van der Waals surface area contributed by atoms with Crippen LogP contribution < -0.4 is 0 Å². The number of carbonyl (C=O) groups excluding carboxylic acids is 1. The zero-order valence-corrected chi connectivity index (χ0v) is 8.61.